The van der Waals surface area contributed by atoms with E-state index in [9.17, 15) is 4.79 Å². The standard InChI is InChI=1S/C26H28N2O3/c1-25(2)14-21(15-26(3,4)31-25)24(19-10-11-22-20(13-19)16-27-28-22)18-8-5-17(6-9-18)7-12-23(29)30/h5-13,16H,14-15H2,1-4H3,(H,27,28)(H,29,30). The summed E-state index contributed by atoms with van der Waals surface area (Å²) in [7, 11) is 0. The molecule has 5 nitrogen and oxygen atoms in total. The number of nitrogens with one attached hydrogen (secondary N) is 1. The zero-order chi connectivity index (χ0) is 22.2. The molecule has 1 aliphatic heterocycles. The first-order chi connectivity index (χ1) is 14.6. The monoisotopic (exact) mass is 416 g/mol. The zero-order valence-corrected chi connectivity index (χ0v) is 18.4. The van der Waals surface area contributed by atoms with Gasteiger partial charge in [-0.25, -0.2) is 4.79 Å². The van der Waals surface area contributed by atoms with Crippen molar-refractivity contribution in [1.82, 2.24) is 10.2 Å². The van der Waals surface area contributed by atoms with Gasteiger partial charge in [0, 0.05) is 11.5 Å². The first kappa shape index (κ1) is 21.1. The number of fused-ring (bicyclic) bond motifs is 1. The fraction of sp³-hybridized carbons (Fsp3) is 0.308. The van der Waals surface area contributed by atoms with Gasteiger partial charge >= 0.3 is 5.97 Å². The Morgan fingerprint density at radius 1 is 1.03 bits per heavy atom. The number of rotatable bonds is 4. The number of carboxylic acid groups (broad SMARTS) is 1. The SMILES string of the molecule is CC1(C)CC(=C(c2ccc(C=CC(=O)O)cc2)c2ccc3[nH]ncc3c2)CC(C)(C)O1. The van der Waals surface area contributed by atoms with Crippen LogP contribution in [0.1, 0.15) is 57.2 Å². The van der Waals surface area contributed by atoms with E-state index >= 15 is 0 Å². The molecule has 2 heterocycles. The largest absolute Gasteiger partial charge is 0.478 e. The minimum absolute atomic E-state index is 0.258. The van der Waals surface area contributed by atoms with Gasteiger partial charge in [-0.1, -0.05) is 35.9 Å². The Balaban J connectivity index is 1.86. The maximum Gasteiger partial charge on any atom is 0.328 e. The summed E-state index contributed by atoms with van der Waals surface area (Å²) in [6, 6.07) is 14.4. The highest BCUT2D eigenvalue weighted by molar-refractivity contribution is 5.89. The Morgan fingerprint density at radius 3 is 2.32 bits per heavy atom. The van der Waals surface area contributed by atoms with E-state index in [4.69, 9.17) is 9.84 Å². The summed E-state index contributed by atoms with van der Waals surface area (Å²) >= 11 is 0. The first-order valence-electron chi connectivity index (χ1n) is 10.5. The van der Waals surface area contributed by atoms with Crippen molar-refractivity contribution in [3.05, 3.63) is 77.0 Å². The molecule has 0 aliphatic carbocycles. The van der Waals surface area contributed by atoms with E-state index in [-0.39, 0.29) is 11.2 Å². The smallest absolute Gasteiger partial charge is 0.328 e. The van der Waals surface area contributed by atoms with Gasteiger partial charge < -0.3 is 9.84 Å². The lowest BCUT2D eigenvalue weighted by molar-refractivity contribution is -0.138. The summed E-state index contributed by atoms with van der Waals surface area (Å²) in [5.41, 5.74) is 6.17. The molecule has 0 bridgehead atoms. The van der Waals surface area contributed by atoms with Crippen molar-refractivity contribution in [2.45, 2.75) is 51.7 Å². The maximum atomic E-state index is 10.8. The number of H-pyrrole nitrogens is 1. The van der Waals surface area contributed by atoms with Crippen LogP contribution in [0.5, 0.6) is 0 Å². The number of carboxylic acids is 1. The molecular weight excluding hydrogens is 388 g/mol. The lowest BCUT2D eigenvalue weighted by Crippen LogP contribution is -2.42. The molecule has 0 unspecified atom stereocenters. The van der Waals surface area contributed by atoms with Crippen LogP contribution in [0.15, 0.2) is 60.3 Å². The molecule has 4 rings (SSSR count). The predicted molar refractivity (Wildman–Crippen MR) is 124 cm³/mol. The van der Waals surface area contributed by atoms with E-state index in [0.29, 0.717) is 0 Å². The summed E-state index contributed by atoms with van der Waals surface area (Å²) in [5, 5.41) is 17.1. The lowest BCUT2D eigenvalue weighted by atomic mass is 9.79. The van der Waals surface area contributed by atoms with Gasteiger partial charge in [0.2, 0.25) is 0 Å². The van der Waals surface area contributed by atoms with Gasteiger partial charge in [-0.2, -0.15) is 5.10 Å². The normalized spacial score (nSPS) is 17.9. The van der Waals surface area contributed by atoms with Crippen LogP contribution in [0.3, 0.4) is 0 Å². The minimum Gasteiger partial charge on any atom is -0.478 e. The van der Waals surface area contributed by atoms with Crippen molar-refractivity contribution in [3.8, 4) is 0 Å². The molecule has 0 spiro atoms. The number of aromatic amines is 1. The quantitative estimate of drug-likeness (QED) is 0.525. The number of hydrogen-bond donors (Lipinski definition) is 2. The predicted octanol–water partition coefficient (Wildman–Crippen LogP) is 5.83. The molecule has 0 radical (unpaired) electrons. The van der Waals surface area contributed by atoms with E-state index in [1.54, 1.807) is 6.08 Å². The number of nitrogens with zero attached hydrogens (tertiary/aromatic N) is 1. The summed E-state index contributed by atoms with van der Waals surface area (Å²) in [6.45, 7) is 8.57. The molecular formula is C26H28N2O3. The van der Waals surface area contributed by atoms with Crippen LogP contribution in [0.25, 0.3) is 22.6 Å². The molecule has 2 N–H and O–H groups in total. The third kappa shape index (κ3) is 4.78. The van der Waals surface area contributed by atoms with Crippen LogP contribution in [0.4, 0.5) is 0 Å². The molecule has 31 heavy (non-hydrogen) atoms. The second-order valence-electron chi connectivity index (χ2n) is 9.42. The average Bonchev–Trinajstić information content (AvgIpc) is 3.13. The Hall–Kier alpha value is -3.18. The van der Waals surface area contributed by atoms with Crippen LogP contribution < -0.4 is 0 Å². The number of benzene rings is 2. The van der Waals surface area contributed by atoms with Crippen molar-refractivity contribution in [2.75, 3.05) is 0 Å². The summed E-state index contributed by atoms with van der Waals surface area (Å²) in [6.07, 6.45) is 6.30. The Labute approximate surface area is 182 Å². The van der Waals surface area contributed by atoms with Crippen LogP contribution in [-0.4, -0.2) is 32.5 Å². The van der Waals surface area contributed by atoms with Gasteiger partial charge in [0.15, 0.2) is 0 Å². The second-order valence-corrected chi connectivity index (χ2v) is 9.42. The number of ether oxygens (including phenoxy) is 1. The first-order valence-corrected chi connectivity index (χ1v) is 10.5. The van der Waals surface area contributed by atoms with Gasteiger partial charge in [0.25, 0.3) is 0 Å². The van der Waals surface area contributed by atoms with Crippen molar-refractivity contribution < 1.29 is 14.6 Å². The molecule has 3 aromatic rings. The molecule has 160 valence electrons. The van der Waals surface area contributed by atoms with Crippen molar-refractivity contribution >= 4 is 28.5 Å². The van der Waals surface area contributed by atoms with Crippen molar-refractivity contribution in [3.63, 3.8) is 0 Å². The Kier molecular flexibility index (Phi) is 5.31. The molecule has 2 aromatic carbocycles. The average molecular weight is 417 g/mol. The highest BCUT2D eigenvalue weighted by atomic mass is 16.5. The van der Waals surface area contributed by atoms with E-state index < -0.39 is 5.97 Å². The fourth-order valence-electron chi connectivity index (χ4n) is 4.69. The van der Waals surface area contributed by atoms with E-state index in [2.05, 4.69) is 68.2 Å². The highest BCUT2D eigenvalue weighted by Crippen LogP contribution is 2.43. The van der Waals surface area contributed by atoms with Crippen LogP contribution in [0.2, 0.25) is 0 Å². The van der Waals surface area contributed by atoms with Crippen molar-refractivity contribution in [2.24, 2.45) is 0 Å². The van der Waals surface area contributed by atoms with Crippen LogP contribution >= 0.6 is 0 Å². The summed E-state index contributed by atoms with van der Waals surface area (Å²) < 4.78 is 6.33. The zero-order valence-electron chi connectivity index (χ0n) is 18.4. The summed E-state index contributed by atoms with van der Waals surface area (Å²) in [4.78, 5) is 10.8. The number of aromatic nitrogens is 2. The van der Waals surface area contributed by atoms with Crippen LogP contribution in [0, 0.1) is 0 Å². The number of hydrogen-bond acceptors (Lipinski definition) is 3. The Morgan fingerprint density at radius 2 is 1.68 bits per heavy atom. The van der Waals surface area contributed by atoms with Gasteiger partial charge in [-0.05, 0) is 81.0 Å². The van der Waals surface area contributed by atoms with E-state index in [0.717, 1.165) is 46.5 Å². The highest BCUT2D eigenvalue weighted by Gasteiger charge is 2.37. The third-order valence-electron chi connectivity index (χ3n) is 5.53. The second kappa shape index (κ2) is 7.82. The minimum atomic E-state index is -0.952. The van der Waals surface area contributed by atoms with E-state index in [1.165, 1.54) is 11.1 Å². The molecule has 1 saturated heterocycles. The molecule has 5 heteroatoms. The Bertz CT molecular complexity index is 1160. The van der Waals surface area contributed by atoms with Gasteiger partial charge in [-0.3, -0.25) is 5.10 Å². The van der Waals surface area contributed by atoms with Crippen LogP contribution in [-0.2, 0) is 9.53 Å². The number of carbonyl (C=O) groups is 1. The summed E-state index contributed by atoms with van der Waals surface area (Å²) in [5.74, 6) is -0.952. The number of aliphatic carboxylic acids is 1. The van der Waals surface area contributed by atoms with Crippen molar-refractivity contribution in [1.29, 1.82) is 0 Å². The lowest BCUT2D eigenvalue weighted by Gasteiger charge is -2.43. The van der Waals surface area contributed by atoms with Gasteiger partial charge in [0.1, 0.15) is 0 Å². The molecule has 0 atom stereocenters. The van der Waals surface area contributed by atoms with Gasteiger partial charge in [-0.15, -0.1) is 0 Å². The van der Waals surface area contributed by atoms with Gasteiger partial charge in [0.05, 0.1) is 22.9 Å². The molecule has 1 aliphatic rings. The molecule has 0 amide bonds. The molecule has 1 fully saturated rings. The molecule has 0 saturated carbocycles. The maximum absolute atomic E-state index is 10.8. The molecule has 1 aromatic heterocycles. The third-order valence-corrected chi connectivity index (χ3v) is 5.53. The topological polar surface area (TPSA) is 75.2 Å². The fourth-order valence-corrected chi connectivity index (χ4v) is 4.69. The van der Waals surface area contributed by atoms with E-state index in [1.807, 2.05) is 18.3 Å².